The number of aromatic nitrogens is 2. The van der Waals surface area contributed by atoms with E-state index in [4.69, 9.17) is 31.0 Å². The molecule has 0 spiro atoms. The van der Waals surface area contributed by atoms with E-state index in [1.54, 1.807) is 24.3 Å². The number of hydrogen-bond donors (Lipinski definition) is 5. The molecule has 0 saturated carbocycles. The molecular formula is C18H24ClN3O11P2. The predicted octanol–water partition coefficient (Wildman–Crippen LogP) is -0.171. The van der Waals surface area contributed by atoms with Crippen molar-refractivity contribution in [2.24, 2.45) is 12.2 Å². The van der Waals surface area contributed by atoms with Crippen molar-refractivity contribution in [2.75, 3.05) is 12.5 Å². The molecule has 3 rings (SSSR count). The fourth-order valence-corrected chi connectivity index (χ4v) is 6.02. The lowest BCUT2D eigenvalue weighted by Crippen LogP contribution is -2.42. The topological polar surface area (TPSA) is 202 Å². The van der Waals surface area contributed by atoms with Gasteiger partial charge in [-0.1, -0.05) is 28.9 Å². The summed E-state index contributed by atoms with van der Waals surface area (Å²) in [6, 6.07) is 8.33. The zero-order valence-corrected chi connectivity index (χ0v) is 20.7. The van der Waals surface area contributed by atoms with E-state index in [1.165, 1.54) is 19.3 Å². The minimum atomic E-state index is -4.84. The SMILES string of the molecule is Cn1c(=O)n([C@@H]2O[C@H](COP(=O)(O)CP(=O)(O)O)C(O)C2O)cc/c1=N/OCc1cccc(Cl)c1. The van der Waals surface area contributed by atoms with Gasteiger partial charge in [-0.05, 0) is 17.7 Å². The van der Waals surface area contributed by atoms with Crippen LogP contribution in [0.1, 0.15) is 11.8 Å². The number of ether oxygens (including phenoxy) is 1. The van der Waals surface area contributed by atoms with Crippen LogP contribution in [0, 0.1) is 0 Å². The number of hydrogen-bond acceptors (Lipinski definition) is 9. The van der Waals surface area contributed by atoms with Crippen molar-refractivity contribution in [1.29, 1.82) is 0 Å². The second-order valence-electron chi connectivity index (χ2n) is 7.70. The molecule has 194 valence electrons. The standard InChI is InChI=1S/C18H24ClN3O11P2/c1-21-14(20-31-8-11-3-2-4-12(19)7-11)5-6-22(18(21)25)17-16(24)15(23)13(33-17)9-32-35(29,30)10-34(26,27)28/h2-7,13,15-17,23-24H,8-10H2,1H3,(H,29,30)(H2,26,27,28)/b20-14-/t13-,15?,16?,17-/m1/s1. The van der Waals surface area contributed by atoms with E-state index in [1.807, 2.05) is 0 Å². The zero-order chi connectivity index (χ0) is 26.0. The highest BCUT2D eigenvalue weighted by Gasteiger charge is 2.45. The van der Waals surface area contributed by atoms with Gasteiger partial charge < -0.3 is 39.0 Å². The molecule has 17 heteroatoms. The first-order valence-electron chi connectivity index (χ1n) is 9.98. The Balaban J connectivity index is 1.71. The normalized spacial score (nSPS) is 24.9. The van der Waals surface area contributed by atoms with E-state index in [9.17, 15) is 29.0 Å². The van der Waals surface area contributed by atoms with E-state index < -0.39 is 57.9 Å². The van der Waals surface area contributed by atoms with Gasteiger partial charge in [0.15, 0.2) is 17.6 Å². The van der Waals surface area contributed by atoms with Gasteiger partial charge >= 0.3 is 20.9 Å². The Bertz CT molecular complexity index is 1280. The van der Waals surface area contributed by atoms with Crippen molar-refractivity contribution >= 4 is 26.8 Å². The Kier molecular flexibility index (Phi) is 8.77. The Hall–Kier alpha value is -1.83. The van der Waals surface area contributed by atoms with E-state index in [-0.39, 0.29) is 12.1 Å². The van der Waals surface area contributed by atoms with Crippen LogP contribution in [0.25, 0.3) is 0 Å². The Morgan fingerprint density at radius 1 is 1.17 bits per heavy atom. The fraction of sp³-hybridized carbons (Fsp3) is 0.444. The van der Waals surface area contributed by atoms with Crippen LogP contribution in [-0.4, -0.2) is 64.8 Å². The van der Waals surface area contributed by atoms with Gasteiger partial charge in [0, 0.05) is 24.3 Å². The minimum Gasteiger partial charge on any atom is -0.389 e. The van der Waals surface area contributed by atoms with Crippen molar-refractivity contribution in [3.8, 4) is 0 Å². The summed E-state index contributed by atoms with van der Waals surface area (Å²) in [6.07, 6.45) is -4.76. The van der Waals surface area contributed by atoms with Gasteiger partial charge in [0.2, 0.25) is 0 Å². The van der Waals surface area contributed by atoms with Gasteiger partial charge in [-0.15, -0.1) is 0 Å². The van der Waals surface area contributed by atoms with Crippen LogP contribution >= 0.6 is 26.8 Å². The van der Waals surface area contributed by atoms with Crippen LogP contribution in [-0.2, 0) is 36.9 Å². The number of rotatable bonds is 9. The molecular weight excluding hydrogens is 532 g/mol. The Labute approximate surface area is 203 Å². The van der Waals surface area contributed by atoms with Crippen LogP contribution in [0.3, 0.4) is 0 Å². The average Bonchev–Trinajstić information content (AvgIpc) is 3.02. The highest BCUT2D eigenvalue weighted by Crippen LogP contribution is 2.55. The number of aliphatic hydroxyl groups is 2. The second-order valence-corrected chi connectivity index (χ2v) is 12.1. The smallest absolute Gasteiger partial charge is 0.340 e. The summed E-state index contributed by atoms with van der Waals surface area (Å²) in [4.78, 5) is 45.3. The third-order valence-electron chi connectivity index (χ3n) is 4.93. The molecule has 1 aromatic carbocycles. The molecule has 2 heterocycles. The van der Waals surface area contributed by atoms with Gasteiger partial charge in [0.05, 0.1) is 6.61 Å². The van der Waals surface area contributed by atoms with Crippen LogP contribution in [0.2, 0.25) is 5.02 Å². The third-order valence-corrected chi connectivity index (χ3v) is 8.62. The van der Waals surface area contributed by atoms with Crippen LogP contribution in [0.4, 0.5) is 0 Å². The van der Waals surface area contributed by atoms with Crippen molar-refractivity contribution in [1.82, 2.24) is 9.13 Å². The van der Waals surface area contributed by atoms with Crippen LogP contribution in [0.15, 0.2) is 46.5 Å². The van der Waals surface area contributed by atoms with Gasteiger partial charge in [-0.25, -0.2) is 4.79 Å². The summed E-state index contributed by atoms with van der Waals surface area (Å²) in [5, 5.41) is 25.0. The molecule has 1 aromatic heterocycles. The van der Waals surface area contributed by atoms with Crippen molar-refractivity contribution in [3.05, 3.63) is 63.1 Å². The molecule has 1 fully saturated rings. The molecule has 0 aliphatic carbocycles. The first-order valence-corrected chi connectivity index (χ1v) is 13.9. The molecule has 14 nitrogen and oxygen atoms in total. The largest absolute Gasteiger partial charge is 0.389 e. The van der Waals surface area contributed by atoms with Crippen molar-refractivity contribution in [2.45, 2.75) is 31.1 Å². The van der Waals surface area contributed by atoms with Crippen molar-refractivity contribution in [3.63, 3.8) is 0 Å². The van der Waals surface area contributed by atoms with Gasteiger partial charge in [-0.2, -0.15) is 0 Å². The zero-order valence-electron chi connectivity index (χ0n) is 18.2. The van der Waals surface area contributed by atoms with E-state index in [0.29, 0.717) is 5.02 Å². The highest BCUT2D eigenvalue weighted by molar-refractivity contribution is 7.70. The molecule has 0 bridgehead atoms. The molecule has 0 radical (unpaired) electrons. The van der Waals surface area contributed by atoms with Gasteiger partial charge in [0.25, 0.3) is 0 Å². The summed E-state index contributed by atoms with van der Waals surface area (Å²) in [6.45, 7) is -0.674. The summed E-state index contributed by atoms with van der Waals surface area (Å²) in [5.41, 5.74) is 0.208. The number of halogens is 1. The van der Waals surface area contributed by atoms with Gasteiger partial charge in [-0.3, -0.25) is 18.3 Å². The summed E-state index contributed by atoms with van der Waals surface area (Å²) in [5.74, 6) is -1.42. The molecule has 3 unspecified atom stereocenters. The highest BCUT2D eigenvalue weighted by atomic mass is 35.5. The molecule has 35 heavy (non-hydrogen) atoms. The minimum absolute atomic E-state index is 0.0959. The maximum Gasteiger partial charge on any atom is 0.340 e. The number of benzene rings is 1. The molecule has 0 amide bonds. The molecule has 1 aliphatic rings. The molecule has 5 N–H and O–H groups in total. The fourth-order valence-electron chi connectivity index (χ4n) is 3.24. The lowest BCUT2D eigenvalue weighted by atomic mass is 10.1. The maximum absolute atomic E-state index is 12.8. The lowest BCUT2D eigenvalue weighted by Gasteiger charge is -2.19. The lowest BCUT2D eigenvalue weighted by molar-refractivity contribution is -0.0530. The van der Waals surface area contributed by atoms with Crippen LogP contribution in [0.5, 0.6) is 0 Å². The Morgan fingerprint density at radius 3 is 2.54 bits per heavy atom. The van der Waals surface area contributed by atoms with Gasteiger partial charge in [0.1, 0.15) is 24.9 Å². The predicted molar refractivity (Wildman–Crippen MR) is 120 cm³/mol. The van der Waals surface area contributed by atoms with Crippen molar-refractivity contribution < 1.29 is 48.1 Å². The summed E-state index contributed by atoms with van der Waals surface area (Å²) >= 11 is 5.92. The van der Waals surface area contributed by atoms with E-state index in [2.05, 4.69) is 9.68 Å². The first kappa shape index (κ1) is 27.8. The maximum atomic E-state index is 12.8. The molecule has 2 aromatic rings. The monoisotopic (exact) mass is 555 g/mol. The molecule has 1 saturated heterocycles. The summed E-state index contributed by atoms with van der Waals surface area (Å²) in [7, 11) is -8.16. The quantitative estimate of drug-likeness (QED) is 0.203. The first-order chi connectivity index (χ1) is 16.3. The Morgan fingerprint density at radius 2 is 1.89 bits per heavy atom. The number of aliphatic hydroxyl groups excluding tert-OH is 2. The molecule has 1 aliphatic heterocycles. The number of nitrogens with zero attached hydrogens (tertiary/aromatic N) is 3. The average molecular weight is 556 g/mol. The second kappa shape index (κ2) is 11.1. The van der Waals surface area contributed by atoms with E-state index in [0.717, 1.165) is 14.7 Å². The van der Waals surface area contributed by atoms with E-state index >= 15 is 0 Å². The third kappa shape index (κ3) is 7.34. The van der Waals surface area contributed by atoms with Crippen LogP contribution < -0.4 is 11.2 Å². The summed E-state index contributed by atoms with van der Waals surface area (Å²) < 4.78 is 34.9. The molecule has 5 atom stereocenters.